The molecule has 1 heterocycles. The molecule has 0 amide bonds. The minimum absolute atomic E-state index is 0.276. The zero-order chi connectivity index (χ0) is 18.5. The van der Waals surface area contributed by atoms with Crippen LogP contribution in [0.2, 0.25) is 0 Å². The normalized spacial score (nSPS) is 11.5. The number of rotatable bonds is 5. The average molecular weight is 366 g/mol. The molecule has 0 bridgehead atoms. The second-order valence-electron chi connectivity index (χ2n) is 5.45. The highest BCUT2D eigenvalue weighted by molar-refractivity contribution is 7.13. The molecule has 0 saturated carbocycles. The lowest BCUT2D eigenvalue weighted by Crippen LogP contribution is -1.75. The number of hydrogen-bond donors (Lipinski definition) is 0. The van der Waals surface area contributed by atoms with Gasteiger partial charge in [-0.2, -0.15) is 14.6 Å². The van der Waals surface area contributed by atoms with Crippen molar-refractivity contribution in [1.29, 1.82) is 0 Å². The highest BCUT2D eigenvalue weighted by Gasteiger charge is 2.02. The first-order valence-corrected chi connectivity index (χ1v) is 8.49. The predicted molar refractivity (Wildman–Crippen MR) is 102 cm³/mol. The molecular formula is C18H15FN6S. The van der Waals surface area contributed by atoms with Crippen molar-refractivity contribution in [2.75, 3.05) is 0 Å². The second kappa shape index (κ2) is 7.83. The average Bonchev–Trinajstić information content (AvgIpc) is 3.05. The van der Waals surface area contributed by atoms with Gasteiger partial charge in [-0.15, -0.1) is 10.2 Å². The van der Waals surface area contributed by atoms with Gasteiger partial charge in [0, 0.05) is 0 Å². The summed E-state index contributed by atoms with van der Waals surface area (Å²) in [5.41, 5.74) is 4.78. The predicted octanol–water partition coefficient (Wildman–Crippen LogP) is 7.06. The Morgan fingerprint density at radius 3 is 2.08 bits per heavy atom. The van der Waals surface area contributed by atoms with Crippen molar-refractivity contribution in [3.63, 3.8) is 0 Å². The minimum Gasteiger partial charge on any atom is -0.265 e. The standard InChI is InChI=1S/C18H15FN6S/c1-11-8-13(20-3)4-6-15(11)23-22-14-5-7-16(12(2)9-14)24-25-18-21-10-17(19)26-18/h4-10H,3H2,1-2H3/b23-22+,25-24+. The van der Waals surface area contributed by atoms with E-state index in [1.165, 1.54) is 0 Å². The summed E-state index contributed by atoms with van der Waals surface area (Å²) in [6.07, 6.45) is 1.12. The van der Waals surface area contributed by atoms with E-state index < -0.39 is 5.13 Å². The molecular weight excluding hydrogens is 351 g/mol. The van der Waals surface area contributed by atoms with Crippen LogP contribution in [-0.2, 0) is 0 Å². The zero-order valence-electron chi connectivity index (χ0n) is 14.2. The van der Waals surface area contributed by atoms with Crippen molar-refractivity contribution in [1.82, 2.24) is 4.98 Å². The molecule has 0 aliphatic rings. The molecule has 0 aliphatic heterocycles. The third-order valence-corrected chi connectivity index (χ3v) is 4.20. The molecule has 0 N–H and O–H groups in total. The smallest absolute Gasteiger partial charge is 0.232 e. The molecule has 0 atom stereocenters. The summed E-state index contributed by atoms with van der Waals surface area (Å²) in [6, 6.07) is 11.0. The lowest BCUT2D eigenvalue weighted by Gasteiger charge is -2.02. The number of hydrogen-bond acceptors (Lipinski definition) is 7. The number of aromatic nitrogens is 1. The summed E-state index contributed by atoms with van der Waals surface area (Å²) >= 11 is 0.843. The van der Waals surface area contributed by atoms with Gasteiger partial charge in [-0.05, 0) is 68.1 Å². The lowest BCUT2D eigenvalue weighted by molar-refractivity contribution is 0.653. The summed E-state index contributed by atoms with van der Waals surface area (Å²) in [7, 11) is 0. The van der Waals surface area contributed by atoms with E-state index in [1.54, 1.807) is 12.1 Å². The first-order chi connectivity index (χ1) is 12.5. The Hall–Kier alpha value is -3.13. The molecule has 1 aromatic heterocycles. The van der Waals surface area contributed by atoms with Crippen LogP contribution in [-0.4, -0.2) is 11.7 Å². The molecule has 0 fully saturated rings. The molecule has 2 aromatic carbocycles. The van der Waals surface area contributed by atoms with E-state index in [0.29, 0.717) is 11.4 Å². The van der Waals surface area contributed by atoms with Crippen molar-refractivity contribution in [3.8, 4) is 0 Å². The van der Waals surface area contributed by atoms with E-state index in [9.17, 15) is 4.39 Å². The maximum Gasteiger partial charge on any atom is 0.232 e. The number of thiazole rings is 1. The Bertz CT molecular complexity index is 1010. The van der Waals surface area contributed by atoms with Crippen LogP contribution in [0.25, 0.3) is 0 Å². The summed E-state index contributed by atoms with van der Waals surface area (Å²) < 4.78 is 12.9. The molecule has 0 unspecified atom stereocenters. The third kappa shape index (κ3) is 4.28. The fourth-order valence-electron chi connectivity index (χ4n) is 2.16. The fraction of sp³-hybridized carbons (Fsp3) is 0.111. The Morgan fingerprint density at radius 1 is 0.885 bits per heavy atom. The summed E-state index contributed by atoms with van der Waals surface area (Å²) in [5.74, 6) is 0. The van der Waals surface area contributed by atoms with Gasteiger partial charge >= 0.3 is 0 Å². The molecule has 26 heavy (non-hydrogen) atoms. The van der Waals surface area contributed by atoms with Crippen LogP contribution >= 0.6 is 11.3 Å². The van der Waals surface area contributed by atoms with Crippen LogP contribution in [0.3, 0.4) is 0 Å². The van der Waals surface area contributed by atoms with Crippen molar-refractivity contribution in [2.24, 2.45) is 25.4 Å². The molecule has 8 heteroatoms. The summed E-state index contributed by atoms with van der Waals surface area (Å²) in [6.45, 7) is 7.34. The quantitative estimate of drug-likeness (QED) is 0.352. The van der Waals surface area contributed by atoms with E-state index in [2.05, 4.69) is 37.2 Å². The third-order valence-electron chi connectivity index (χ3n) is 3.53. The maximum atomic E-state index is 12.9. The van der Waals surface area contributed by atoms with Crippen LogP contribution in [0.5, 0.6) is 0 Å². The van der Waals surface area contributed by atoms with Crippen molar-refractivity contribution in [2.45, 2.75) is 13.8 Å². The number of azo groups is 2. The first-order valence-electron chi connectivity index (χ1n) is 7.68. The van der Waals surface area contributed by atoms with Gasteiger partial charge in [-0.25, -0.2) is 4.98 Å². The zero-order valence-corrected chi connectivity index (χ0v) is 15.0. The van der Waals surface area contributed by atoms with Crippen LogP contribution in [0.15, 0.2) is 68.0 Å². The second-order valence-corrected chi connectivity index (χ2v) is 6.41. The number of halogens is 1. The lowest BCUT2D eigenvalue weighted by atomic mass is 10.2. The Balaban J connectivity index is 1.77. The van der Waals surface area contributed by atoms with Gasteiger partial charge in [0.2, 0.25) is 5.13 Å². The van der Waals surface area contributed by atoms with E-state index in [4.69, 9.17) is 0 Å². The van der Waals surface area contributed by atoms with Crippen LogP contribution in [0.4, 0.5) is 32.3 Å². The largest absolute Gasteiger partial charge is 0.265 e. The number of nitrogens with zero attached hydrogens (tertiary/aromatic N) is 6. The van der Waals surface area contributed by atoms with E-state index in [0.717, 1.165) is 40.0 Å². The molecule has 0 aliphatic carbocycles. The van der Waals surface area contributed by atoms with Gasteiger partial charge in [0.05, 0.1) is 28.9 Å². The molecule has 3 rings (SSSR count). The molecule has 130 valence electrons. The van der Waals surface area contributed by atoms with E-state index in [1.807, 2.05) is 38.1 Å². The van der Waals surface area contributed by atoms with Crippen LogP contribution < -0.4 is 0 Å². The van der Waals surface area contributed by atoms with E-state index in [-0.39, 0.29) is 5.13 Å². The summed E-state index contributed by atoms with van der Waals surface area (Å²) in [5, 5.41) is 16.5. The number of aliphatic imine (C=N–C) groups is 1. The highest BCUT2D eigenvalue weighted by Crippen LogP contribution is 2.29. The molecule has 0 spiro atoms. The van der Waals surface area contributed by atoms with Gasteiger partial charge in [0.1, 0.15) is 0 Å². The maximum absolute atomic E-state index is 12.9. The van der Waals surface area contributed by atoms with Crippen LogP contribution in [0.1, 0.15) is 11.1 Å². The number of benzene rings is 2. The molecule has 3 aromatic rings. The molecule has 0 saturated heterocycles. The Kier molecular flexibility index (Phi) is 5.33. The minimum atomic E-state index is -0.390. The van der Waals surface area contributed by atoms with Crippen molar-refractivity contribution in [3.05, 3.63) is 58.9 Å². The van der Waals surface area contributed by atoms with Crippen molar-refractivity contribution >= 4 is 45.9 Å². The highest BCUT2D eigenvalue weighted by atomic mass is 32.1. The first kappa shape index (κ1) is 17.7. The topological polar surface area (TPSA) is 74.7 Å². The van der Waals surface area contributed by atoms with Gasteiger partial charge in [0.25, 0.3) is 0 Å². The van der Waals surface area contributed by atoms with Crippen LogP contribution in [0, 0.1) is 19.0 Å². The van der Waals surface area contributed by atoms with Crippen molar-refractivity contribution < 1.29 is 4.39 Å². The SMILES string of the molecule is C=Nc1ccc(/N=N/c2ccc(/N=N/c3ncc(F)s3)c(C)c2)c(C)c1. The van der Waals surface area contributed by atoms with Gasteiger partial charge in [-0.3, -0.25) is 4.99 Å². The number of aryl methyl sites for hydroxylation is 2. The van der Waals surface area contributed by atoms with Gasteiger partial charge < -0.3 is 0 Å². The van der Waals surface area contributed by atoms with Gasteiger partial charge in [0.15, 0.2) is 5.13 Å². The summed E-state index contributed by atoms with van der Waals surface area (Å²) in [4.78, 5) is 7.69. The fourth-order valence-corrected chi connectivity index (χ4v) is 2.63. The van der Waals surface area contributed by atoms with Gasteiger partial charge in [-0.1, -0.05) is 11.3 Å². The Morgan fingerprint density at radius 2 is 1.50 bits per heavy atom. The Labute approximate surface area is 153 Å². The molecule has 6 nitrogen and oxygen atoms in total. The van der Waals surface area contributed by atoms with E-state index >= 15 is 0 Å². The monoisotopic (exact) mass is 366 g/mol. The molecule has 0 radical (unpaired) electrons.